The predicted octanol–water partition coefficient (Wildman–Crippen LogP) is 1.43. The van der Waals surface area contributed by atoms with Crippen LogP contribution in [-0.4, -0.2) is 0 Å². The zero-order valence-electron chi connectivity index (χ0n) is 3.69. The van der Waals surface area contributed by atoms with Crippen molar-refractivity contribution in [2.75, 3.05) is 0 Å². The normalized spacial score (nSPS) is 16.8. The fourth-order valence-corrected chi connectivity index (χ4v) is 0.325. The largest absolute Gasteiger partial charge is 0.455 e. The van der Waals surface area contributed by atoms with E-state index in [0.717, 1.165) is 11.5 Å². The van der Waals surface area contributed by atoms with Crippen LogP contribution in [0.3, 0.4) is 0 Å². The number of allylic oxidation sites excluding steroid dienone is 2. The van der Waals surface area contributed by atoms with Crippen molar-refractivity contribution in [3.05, 3.63) is 24.2 Å². The lowest BCUT2D eigenvalue weighted by molar-refractivity contribution is 0.482. The molecule has 0 saturated carbocycles. The highest BCUT2D eigenvalue weighted by molar-refractivity contribution is 5.25. The molecule has 0 N–H and O–H groups in total. The highest BCUT2D eigenvalue weighted by Crippen LogP contribution is 2.24. The highest BCUT2D eigenvalue weighted by Gasteiger charge is 2.13. The van der Waals surface area contributed by atoms with Crippen LogP contribution in [0.5, 0.6) is 0 Å². The van der Waals surface area contributed by atoms with E-state index in [0.29, 0.717) is 0 Å². The Morgan fingerprint density at radius 1 is 1.83 bits per heavy atom. The van der Waals surface area contributed by atoms with Gasteiger partial charge in [-0.05, 0) is 13.0 Å². The van der Waals surface area contributed by atoms with Gasteiger partial charge in [-0.2, -0.15) is 0 Å². The van der Waals surface area contributed by atoms with Crippen LogP contribution in [0.25, 0.3) is 0 Å². The van der Waals surface area contributed by atoms with Crippen molar-refractivity contribution in [1.29, 1.82) is 0 Å². The maximum Gasteiger partial charge on any atom is 0.164 e. The second kappa shape index (κ2) is 0.869. The molecule has 0 spiro atoms. The van der Waals surface area contributed by atoms with E-state index >= 15 is 0 Å². The van der Waals surface area contributed by atoms with Gasteiger partial charge in [0.25, 0.3) is 0 Å². The number of hydrogen-bond acceptors (Lipinski definition) is 1. The van der Waals surface area contributed by atoms with Crippen LogP contribution in [0.1, 0.15) is 6.92 Å². The molecule has 0 bridgehead atoms. The van der Waals surface area contributed by atoms with Gasteiger partial charge in [0.15, 0.2) is 5.76 Å². The third-order valence-corrected chi connectivity index (χ3v) is 0.754. The van der Waals surface area contributed by atoms with Gasteiger partial charge in [0.05, 0.1) is 0 Å². The number of hydrogen-bond donors (Lipinski definition) is 0. The topological polar surface area (TPSA) is 12.5 Å². The molecule has 0 radical (unpaired) electrons. The molecule has 0 aromatic rings. The van der Waals surface area contributed by atoms with E-state index in [9.17, 15) is 0 Å². The van der Waals surface area contributed by atoms with Gasteiger partial charge in [0, 0.05) is 0 Å². The van der Waals surface area contributed by atoms with Crippen LogP contribution in [-0.2, 0) is 4.74 Å². The van der Waals surface area contributed by atoms with E-state index < -0.39 is 0 Å². The summed E-state index contributed by atoms with van der Waals surface area (Å²) in [6.45, 7) is 5.40. The van der Waals surface area contributed by atoms with E-state index in [2.05, 4.69) is 6.58 Å². The molecule has 1 heterocycles. The summed E-state index contributed by atoms with van der Waals surface area (Å²) < 4.78 is 4.78. The first-order chi connectivity index (χ1) is 2.84. The van der Waals surface area contributed by atoms with Crippen molar-refractivity contribution in [3.63, 3.8) is 0 Å². The first-order valence-electron chi connectivity index (χ1n) is 1.86. The standard InChI is InChI=1S/C5H6O/c1-3-5-4(2)6-5/h3H,1H2,2H3. The molecule has 0 saturated heterocycles. The summed E-state index contributed by atoms with van der Waals surface area (Å²) in [4.78, 5) is 0. The monoisotopic (exact) mass is 82.0 g/mol. The number of ether oxygens (including phenoxy) is 1. The Morgan fingerprint density at radius 3 is 2.33 bits per heavy atom. The van der Waals surface area contributed by atoms with Gasteiger partial charge in [-0.1, -0.05) is 6.58 Å². The quantitative estimate of drug-likeness (QED) is 0.466. The Bertz CT molecular complexity index is 111. The molecule has 0 aliphatic carbocycles. The summed E-state index contributed by atoms with van der Waals surface area (Å²) in [5.41, 5.74) is 0. The average molecular weight is 82.1 g/mol. The molecule has 0 fully saturated rings. The first-order valence-corrected chi connectivity index (χ1v) is 1.86. The Morgan fingerprint density at radius 2 is 2.33 bits per heavy atom. The van der Waals surface area contributed by atoms with Crippen molar-refractivity contribution >= 4 is 0 Å². The molecule has 1 rings (SSSR count). The van der Waals surface area contributed by atoms with Crippen molar-refractivity contribution in [3.8, 4) is 0 Å². The Labute approximate surface area is 36.9 Å². The molecule has 0 unspecified atom stereocenters. The van der Waals surface area contributed by atoms with Crippen molar-refractivity contribution in [2.24, 2.45) is 0 Å². The molecule has 0 amide bonds. The van der Waals surface area contributed by atoms with E-state index in [4.69, 9.17) is 4.74 Å². The van der Waals surface area contributed by atoms with Crippen LogP contribution < -0.4 is 0 Å². The lowest BCUT2D eigenvalue weighted by Crippen LogP contribution is -1.41. The van der Waals surface area contributed by atoms with Crippen LogP contribution in [0.15, 0.2) is 24.2 Å². The van der Waals surface area contributed by atoms with E-state index in [1.807, 2.05) is 6.92 Å². The molecule has 6 heavy (non-hydrogen) atoms. The van der Waals surface area contributed by atoms with Crippen molar-refractivity contribution < 1.29 is 4.74 Å². The molecule has 1 aliphatic rings. The summed E-state index contributed by atoms with van der Waals surface area (Å²) in [5, 5.41) is 0. The van der Waals surface area contributed by atoms with Crippen LogP contribution in [0.4, 0.5) is 0 Å². The van der Waals surface area contributed by atoms with E-state index in [1.54, 1.807) is 6.08 Å². The van der Waals surface area contributed by atoms with Crippen molar-refractivity contribution in [1.82, 2.24) is 0 Å². The lowest BCUT2D eigenvalue weighted by atomic mass is 10.5. The Kier molecular flexibility index (Phi) is 0.502. The molecule has 0 atom stereocenters. The van der Waals surface area contributed by atoms with Gasteiger partial charge in [-0.3, -0.25) is 0 Å². The minimum absolute atomic E-state index is 0.940. The minimum Gasteiger partial charge on any atom is -0.455 e. The second-order valence-corrected chi connectivity index (χ2v) is 1.23. The number of rotatable bonds is 1. The molecule has 1 nitrogen and oxygen atoms in total. The maximum absolute atomic E-state index is 4.78. The van der Waals surface area contributed by atoms with Gasteiger partial charge in [-0.15, -0.1) is 0 Å². The summed E-state index contributed by atoms with van der Waals surface area (Å²) >= 11 is 0. The van der Waals surface area contributed by atoms with Gasteiger partial charge >= 0.3 is 0 Å². The third-order valence-electron chi connectivity index (χ3n) is 0.754. The molecule has 1 heteroatoms. The van der Waals surface area contributed by atoms with Crippen LogP contribution in [0, 0.1) is 0 Å². The molecule has 0 aromatic heterocycles. The SMILES string of the molecule is C=CC1=C(C)O1. The zero-order valence-corrected chi connectivity index (χ0v) is 3.69. The van der Waals surface area contributed by atoms with Crippen molar-refractivity contribution in [2.45, 2.75) is 6.92 Å². The summed E-state index contributed by atoms with van der Waals surface area (Å²) in [6.07, 6.45) is 1.70. The van der Waals surface area contributed by atoms with E-state index in [1.165, 1.54) is 0 Å². The molecular weight excluding hydrogens is 76.1 g/mol. The van der Waals surface area contributed by atoms with Gasteiger partial charge in [-0.25, -0.2) is 0 Å². The van der Waals surface area contributed by atoms with Gasteiger partial charge < -0.3 is 4.74 Å². The van der Waals surface area contributed by atoms with Crippen LogP contribution in [0.2, 0.25) is 0 Å². The Hall–Kier alpha value is -0.720. The summed E-state index contributed by atoms with van der Waals surface area (Å²) in [7, 11) is 0. The average Bonchev–Trinajstić information content (AvgIpc) is 2.19. The fourth-order valence-electron chi connectivity index (χ4n) is 0.325. The van der Waals surface area contributed by atoms with Crippen LogP contribution >= 0.6 is 0 Å². The summed E-state index contributed by atoms with van der Waals surface area (Å²) in [5.74, 6) is 1.94. The highest BCUT2D eigenvalue weighted by atomic mass is 16.6. The predicted molar refractivity (Wildman–Crippen MR) is 24.0 cm³/mol. The molecular formula is C5H6O. The molecule has 0 aromatic carbocycles. The first kappa shape index (κ1) is 3.47. The third kappa shape index (κ3) is 0.322. The fraction of sp³-hybridized carbons (Fsp3) is 0.200. The van der Waals surface area contributed by atoms with Gasteiger partial charge in [0.1, 0.15) is 5.76 Å². The smallest absolute Gasteiger partial charge is 0.164 e. The lowest BCUT2D eigenvalue weighted by Gasteiger charge is -1.61. The summed E-state index contributed by atoms with van der Waals surface area (Å²) in [6, 6.07) is 0. The molecule has 1 aliphatic heterocycles. The molecule has 32 valence electrons. The van der Waals surface area contributed by atoms with Gasteiger partial charge in [0.2, 0.25) is 0 Å². The maximum atomic E-state index is 4.78. The zero-order chi connectivity index (χ0) is 4.57. The second-order valence-electron chi connectivity index (χ2n) is 1.23. The minimum atomic E-state index is 0.940. The Balaban J connectivity index is 2.59. The van der Waals surface area contributed by atoms with E-state index in [-0.39, 0.29) is 0 Å².